The van der Waals surface area contributed by atoms with Crippen LogP contribution in [0, 0.1) is 0 Å². The van der Waals surface area contributed by atoms with Gasteiger partial charge in [-0.2, -0.15) is 0 Å². The van der Waals surface area contributed by atoms with Gasteiger partial charge in [-0.3, -0.25) is 9.97 Å². The molecular weight excluding hydrogens is 316 g/mol. The Kier molecular flexibility index (Phi) is 4.88. The number of rotatable bonds is 3. The summed E-state index contributed by atoms with van der Waals surface area (Å²) in [6.45, 7) is 7.48. The van der Waals surface area contributed by atoms with E-state index in [4.69, 9.17) is 4.74 Å². The third kappa shape index (κ3) is 4.47. The molecule has 0 spiro atoms. The number of ether oxygens (including phenoxy) is 1. The molecule has 1 amide bonds. The number of carbonyl (C=O) groups is 1. The van der Waals surface area contributed by atoms with Gasteiger partial charge in [-0.1, -0.05) is 12.1 Å². The highest BCUT2D eigenvalue weighted by molar-refractivity contribution is 5.69. The van der Waals surface area contributed by atoms with Crippen LogP contribution >= 0.6 is 0 Å². The predicted octanol–water partition coefficient (Wildman–Crippen LogP) is 3.38. The molecule has 1 aliphatic rings. The summed E-state index contributed by atoms with van der Waals surface area (Å²) in [7, 11) is 0. The van der Waals surface area contributed by atoms with Gasteiger partial charge in [0.15, 0.2) is 0 Å². The number of benzene rings is 1. The molecule has 3 rings (SSSR count). The lowest BCUT2D eigenvalue weighted by Crippen LogP contribution is -2.40. The molecule has 0 fully saturated rings. The maximum absolute atomic E-state index is 12.4. The lowest BCUT2D eigenvalue weighted by molar-refractivity contribution is 0.0224. The van der Waals surface area contributed by atoms with E-state index in [-0.39, 0.29) is 6.09 Å². The highest BCUT2D eigenvalue weighted by Gasteiger charge is 2.26. The number of hydrogen-bond donors (Lipinski definition) is 1. The van der Waals surface area contributed by atoms with E-state index < -0.39 is 5.60 Å². The number of nitrogens with zero attached hydrogens (tertiary/aromatic N) is 3. The smallest absolute Gasteiger partial charge is 0.410 e. The van der Waals surface area contributed by atoms with Crippen molar-refractivity contribution in [3.63, 3.8) is 0 Å². The van der Waals surface area contributed by atoms with Crippen molar-refractivity contribution in [1.29, 1.82) is 0 Å². The SMILES string of the molecule is CC(C)(C)OC(=O)N1CCc2cccc(NCc3cnccn3)c2C1. The zero-order valence-corrected chi connectivity index (χ0v) is 15.0. The highest BCUT2D eigenvalue weighted by atomic mass is 16.6. The largest absolute Gasteiger partial charge is 0.444 e. The molecule has 0 saturated carbocycles. The summed E-state index contributed by atoms with van der Waals surface area (Å²) in [6, 6.07) is 6.20. The van der Waals surface area contributed by atoms with Crippen LogP contribution in [0.5, 0.6) is 0 Å². The summed E-state index contributed by atoms with van der Waals surface area (Å²) in [5.74, 6) is 0. The van der Waals surface area contributed by atoms with E-state index in [0.29, 0.717) is 19.6 Å². The molecule has 0 atom stereocenters. The second kappa shape index (κ2) is 7.09. The van der Waals surface area contributed by atoms with E-state index in [1.54, 1.807) is 23.5 Å². The van der Waals surface area contributed by atoms with Gasteiger partial charge in [-0.25, -0.2) is 4.79 Å². The third-order valence-electron chi connectivity index (χ3n) is 4.00. The molecule has 0 unspecified atom stereocenters. The fraction of sp³-hybridized carbons (Fsp3) is 0.421. The van der Waals surface area contributed by atoms with Crippen molar-refractivity contribution in [2.24, 2.45) is 0 Å². The molecular formula is C19H24N4O2. The van der Waals surface area contributed by atoms with Crippen molar-refractivity contribution in [1.82, 2.24) is 14.9 Å². The van der Waals surface area contributed by atoms with E-state index in [1.807, 2.05) is 32.9 Å². The molecule has 0 saturated heterocycles. The van der Waals surface area contributed by atoms with Crippen molar-refractivity contribution < 1.29 is 9.53 Å². The van der Waals surface area contributed by atoms with Crippen LogP contribution in [-0.4, -0.2) is 33.1 Å². The zero-order valence-electron chi connectivity index (χ0n) is 15.0. The van der Waals surface area contributed by atoms with Crippen LogP contribution < -0.4 is 5.32 Å². The molecule has 0 radical (unpaired) electrons. The highest BCUT2D eigenvalue weighted by Crippen LogP contribution is 2.27. The molecule has 0 bridgehead atoms. The minimum absolute atomic E-state index is 0.262. The first-order chi connectivity index (χ1) is 11.9. The van der Waals surface area contributed by atoms with Gasteiger partial charge in [0.25, 0.3) is 0 Å². The van der Waals surface area contributed by atoms with Gasteiger partial charge in [0, 0.05) is 24.6 Å². The van der Waals surface area contributed by atoms with Crippen LogP contribution in [0.2, 0.25) is 0 Å². The lowest BCUT2D eigenvalue weighted by atomic mass is 9.98. The van der Waals surface area contributed by atoms with Crippen molar-refractivity contribution in [2.75, 3.05) is 11.9 Å². The topological polar surface area (TPSA) is 67.3 Å². The minimum atomic E-state index is -0.485. The lowest BCUT2D eigenvalue weighted by Gasteiger charge is -2.32. The number of aromatic nitrogens is 2. The molecule has 6 heteroatoms. The van der Waals surface area contributed by atoms with Gasteiger partial charge >= 0.3 is 6.09 Å². The van der Waals surface area contributed by atoms with E-state index >= 15 is 0 Å². The number of fused-ring (bicyclic) bond motifs is 1. The molecule has 1 aromatic carbocycles. The van der Waals surface area contributed by atoms with Crippen LogP contribution in [0.4, 0.5) is 10.5 Å². The monoisotopic (exact) mass is 340 g/mol. The Morgan fingerprint density at radius 3 is 2.88 bits per heavy atom. The number of nitrogens with one attached hydrogen (secondary N) is 1. The fourth-order valence-corrected chi connectivity index (χ4v) is 2.84. The van der Waals surface area contributed by atoms with Crippen LogP contribution in [-0.2, 0) is 24.2 Å². The van der Waals surface area contributed by atoms with Gasteiger partial charge in [-0.05, 0) is 44.4 Å². The van der Waals surface area contributed by atoms with Crippen molar-refractivity contribution in [3.8, 4) is 0 Å². The summed E-state index contributed by atoms with van der Waals surface area (Å²) in [4.78, 5) is 22.5. The molecule has 25 heavy (non-hydrogen) atoms. The minimum Gasteiger partial charge on any atom is -0.444 e. The van der Waals surface area contributed by atoms with E-state index in [0.717, 1.165) is 23.4 Å². The van der Waals surface area contributed by atoms with Gasteiger partial charge < -0.3 is 15.0 Å². The van der Waals surface area contributed by atoms with E-state index in [9.17, 15) is 4.79 Å². The molecule has 1 aliphatic heterocycles. The summed E-state index contributed by atoms with van der Waals surface area (Å²) in [5, 5.41) is 3.42. The zero-order chi connectivity index (χ0) is 17.9. The molecule has 2 aromatic rings. The Labute approximate surface area is 148 Å². The van der Waals surface area contributed by atoms with E-state index in [2.05, 4.69) is 21.4 Å². The summed E-state index contributed by atoms with van der Waals surface area (Å²) in [6.07, 6.45) is 5.65. The summed E-state index contributed by atoms with van der Waals surface area (Å²) < 4.78 is 5.51. The van der Waals surface area contributed by atoms with Crippen LogP contribution in [0.25, 0.3) is 0 Å². The molecule has 0 aliphatic carbocycles. The van der Waals surface area contributed by atoms with Gasteiger partial charge in [-0.15, -0.1) is 0 Å². The first-order valence-electron chi connectivity index (χ1n) is 8.50. The van der Waals surface area contributed by atoms with E-state index in [1.165, 1.54) is 5.56 Å². The molecule has 6 nitrogen and oxygen atoms in total. The number of hydrogen-bond acceptors (Lipinski definition) is 5. The standard InChI is InChI=1S/C19H24N4O2/c1-19(2,3)25-18(24)23-10-7-14-5-4-6-17(16(14)13-23)22-12-15-11-20-8-9-21-15/h4-6,8-9,11,22H,7,10,12-13H2,1-3H3. The first kappa shape index (κ1) is 17.2. The Balaban J connectivity index is 1.73. The van der Waals surface area contributed by atoms with Gasteiger partial charge in [0.2, 0.25) is 0 Å². The van der Waals surface area contributed by atoms with Gasteiger partial charge in [0.05, 0.1) is 25.0 Å². The summed E-state index contributed by atoms with van der Waals surface area (Å²) >= 11 is 0. The quantitative estimate of drug-likeness (QED) is 0.928. The number of anilines is 1. The average Bonchev–Trinajstić information content (AvgIpc) is 2.59. The molecule has 2 heterocycles. The maximum Gasteiger partial charge on any atom is 0.410 e. The first-order valence-corrected chi connectivity index (χ1v) is 8.50. The summed E-state index contributed by atoms with van der Waals surface area (Å²) in [5.41, 5.74) is 3.82. The predicted molar refractivity (Wildman–Crippen MR) is 96.1 cm³/mol. The van der Waals surface area contributed by atoms with Crippen molar-refractivity contribution in [2.45, 2.75) is 45.9 Å². The number of amides is 1. The van der Waals surface area contributed by atoms with Crippen LogP contribution in [0.15, 0.2) is 36.8 Å². The van der Waals surface area contributed by atoms with Crippen molar-refractivity contribution in [3.05, 3.63) is 53.6 Å². The second-order valence-corrected chi connectivity index (χ2v) is 7.15. The Morgan fingerprint density at radius 1 is 1.32 bits per heavy atom. The molecule has 1 N–H and O–H groups in total. The molecule has 132 valence electrons. The van der Waals surface area contributed by atoms with Crippen LogP contribution in [0.1, 0.15) is 37.6 Å². The fourth-order valence-electron chi connectivity index (χ4n) is 2.84. The Hall–Kier alpha value is -2.63. The molecule has 1 aromatic heterocycles. The van der Waals surface area contributed by atoms with Gasteiger partial charge in [0.1, 0.15) is 5.60 Å². The Morgan fingerprint density at radius 2 is 2.16 bits per heavy atom. The average molecular weight is 340 g/mol. The Bertz CT molecular complexity index is 741. The third-order valence-corrected chi connectivity index (χ3v) is 4.00. The number of carbonyl (C=O) groups excluding carboxylic acids is 1. The maximum atomic E-state index is 12.4. The van der Waals surface area contributed by atoms with Crippen molar-refractivity contribution >= 4 is 11.8 Å². The second-order valence-electron chi connectivity index (χ2n) is 7.15. The normalized spacial score (nSPS) is 14.0. The van der Waals surface area contributed by atoms with Crippen LogP contribution in [0.3, 0.4) is 0 Å².